The zero-order valence-electron chi connectivity index (χ0n) is 13.8. The first-order chi connectivity index (χ1) is 10.6. The molecule has 22 heavy (non-hydrogen) atoms. The second kappa shape index (κ2) is 7.20. The van der Waals surface area contributed by atoms with Crippen LogP contribution < -0.4 is 0 Å². The average Bonchev–Trinajstić information content (AvgIpc) is 2.93. The average molecular weight is 300 g/mol. The van der Waals surface area contributed by atoms with Gasteiger partial charge < -0.3 is 4.90 Å². The predicted molar refractivity (Wildman–Crippen MR) is 86.5 cm³/mol. The van der Waals surface area contributed by atoms with Crippen LogP contribution in [0.25, 0.3) is 0 Å². The lowest BCUT2D eigenvalue weighted by Crippen LogP contribution is -2.38. The van der Waals surface area contributed by atoms with E-state index in [2.05, 4.69) is 23.9 Å². The Bertz CT molecular complexity index is 621. The molecule has 0 bridgehead atoms. The van der Waals surface area contributed by atoms with Crippen molar-refractivity contribution in [2.24, 2.45) is 0 Å². The molecule has 0 saturated heterocycles. The van der Waals surface area contributed by atoms with Crippen molar-refractivity contribution in [2.45, 2.75) is 53.2 Å². The summed E-state index contributed by atoms with van der Waals surface area (Å²) in [5.41, 5.74) is 2.57. The van der Waals surface area contributed by atoms with Crippen LogP contribution in [0.1, 0.15) is 48.9 Å². The van der Waals surface area contributed by atoms with E-state index in [0.29, 0.717) is 18.8 Å². The summed E-state index contributed by atoms with van der Waals surface area (Å²) in [7, 11) is 0. The summed E-state index contributed by atoms with van der Waals surface area (Å²) in [6.45, 7) is 9.34. The Balaban J connectivity index is 2.30. The van der Waals surface area contributed by atoms with Crippen LogP contribution in [-0.2, 0) is 13.1 Å². The van der Waals surface area contributed by atoms with Gasteiger partial charge in [-0.15, -0.1) is 0 Å². The SMILES string of the molecule is CC[C@@H](C)N(Cc1cccnc1)C(=O)c1cc(C)nn1CC. The molecule has 0 fully saturated rings. The fourth-order valence-electron chi connectivity index (χ4n) is 2.44. The van der Waals surface area contributed by atoms with E-state index < -0.39 is 0 Å². The summed E-state index contributed by atoms with van der Waals surface area (Å²) in [6, 6.07) is 5.92. The van der Waals surface area contributed by atoms with E-state index in [1.807, 2.05) is 43.1 Å². The van der Waals surface area contributed by atoms with Crippen molar-refractivity contribution in [3.63, 3.8) is 0 Å². The molecule has 0 aliphatic carbocycles. The number of carbonyl (C=O) groups excluding carboxylic acids is 1. The molecule has 0 spiro atoms. The van der Waals surface area contributed by atoms with Crippen LogP contribution in [0.5, 0.6) is 0 Å². The van der Waals surface area contributed by atoms with Crippen molar-refractivity contribution in [1.29, 1.82) is 0 Å². The molecule has 2 rings (SSSR count). The van der Waals surface area contributed by atoms with Crippen LogP contribution in [0.3, 0.4) is 0 Å². The molecule has 118 valence electrons. The topological polar surface area (TPSA) is 51.0 Å². The molecule has 0 unspecified atom stereocenters. The number of hydrogen-bond donors (Lipinski definition) is 0. The van der Waals surface area contributed by atoms with Gasteiger partial charge in [0.05, 0.1) is 5.69 Å². The lowest BCUT2D eigenvalue weighted by Gasteiger charge is -2.28. The van der Waals surface area contributed by atoms with Gasteiger partial charge in [-0.3, -0.25) is 14.5 Å². The number of aryl methyl sites for hydroxylation is 2. The van der Waals surface area contributed by atoms with Crippen molar-refractivity contribution < 1.29 is 4.79 Å². The maximum atomic E-state index is 13.0. The second-order valence-corrected chi connectivity index (χ2v) is 5.54. The number of nitrogens with zero attached hydrogens (tertiary/aromatic N) is 4. The first-order valence-electron chi connectivity index (χ1n) is 7.81. The van der Waals surface area contributed by atoms with Gasteiger partial charge in [-0.05, 0) is 44.9 Å². The number of pyridine rings is 1. The molecule has 0 aromatic carbocycles. The van der Waals surface area contributed by atoms with Gasteiger partial charge in [0.25, 0.3) is 5.91 Å². The summed E-state index contributed by atoms with van der Waals surface area (Å²) >= 11 is 0. The molecule has 0 saturated carbocycles. The maximum Gasteiger partial charge on any atom is 0.272 e. The van der Waals surface area contributed by atoms with Crippen LogP contribution in [-0.4, -0.2) is 31.6 Å². The summed E-state index contributed by atoms with van der Waals surface area (Å²) < 4.78 is 1.77. The van der Waals surface area contributed by atoms with Gasteiger partial charge in [0.1, 0.15) is 5.69 Å². The monoisotopic (exact) mass is 300 g/mol. The smallest absolute Gasteiger partial charge is 0.272 e. The number of amides is 1. The molecular formula is C17H24N4O. The Labute approximate surface area is 132 Å². The van der Waals surface area contributed by atoms with Crippen LogP contribution in [0.2, 0.25) is 0 Å². The minimum absolute atomic E-state index is 0.0284. The summed E-state index contributed by atoms with van der Waals surface area (Å²) in [5, 5.41) is 4.38. The van der Waals surface area contributed by atoms with Gasteiger partial charge in [0, 0.05) is 31.5 Å². The number of hydrogen-bond acceptors (Lipinski definition) is 3. The number of aromatic nitrogens is 3. The fraction of sp³-hybridized carbons (Fsp3) is 0.471. The van der Waals surface area contributed by atoms with E-state index in [9.17, 15) is 4.79 Å². The maximum absolute atomic E-state index is 13.0. The first kappa shape index (κ1) is 16.2. The van der Waals surface area contributed by atoms with Gasteiger partial charge in [0.2, 0.25) is 0 Å². The molecule has 1 atom stereocenters. The Morgan fingerprint density at radius 2 is 2.18 bits per heavy atom. The van der Waals surface area contributed by atoms with Gasteiger partial charge in [-0.2, -0.15) is 5.10 Å². The summed E-state index contributed by atoms with van der Waals surface area (Å²) in [4.78, 5) is 19.0. The number of rotatable bonds is 6. The van der Waals surface area contributed by atoms with Crippen molar-refractivity contribution >= 4 is 5.91 Å². The normalized spacial score (nSPS) is 12.2. The minimum atomic E-state index is 0.0284. The first-order valence-corrected chi connectivity index (χ1v) is 7.81. The number of carbonyl (C=O) groups is 1. The van der Waals surface area contributed by atoms with E-state index in [-0.39, 0.29) is 11.9 Å². The molecular weight excluding hydrogens is 276 g/mol. The third-order valence-corrected chi connectivity index (χ3v) is 3.88. The Morgan fingerprint density at radius 3 is 2.77 bits per heavy atom. The van der Waals surface area contributed by atoms with Crippen LogP contribution in [0, 0.1) is 6.92 Å². The lowest BCUT2D eigenvalue weighted by molar-refractivity contribution is 0.0658. The lowest BCUT2D eigenvalue weighted by atomic mass is 10.1. The van der Waals surface area contributed by atoms with Crippen LogP contribution in [0.15, 0.2) is 30.6 Å². The molecule has 5 heteroatoms. The molecule has 0 aliphatic rings. The third-order valence-electron chi connectivity index (χ3n) is 3.88. The van der Waals surface area contributed by atoms with E-state index in [1.54, 1.807) is 10.9 Å². The Morgan fingerprint density at radius 1 is 1.41 bits per heavy atom. The predicted octanol–water partition coefficient (Wildman–Crippen LogP) is 3.05. The van der Waals surface area contributed by atoms with Crippen molar-refractivity contribution in [3.8, 4) is 0 Å². The highest BCUT2D eigenvalue weighted by Crippen LogP contribution is 2.16. The standard InChI is InChI=1S/C17H24N4O/c1-5-14(4)20(12-15-8-7-9-18-11-15)17(22)16-10-13(3)19-21(16)6-2/h7-11,14H,5-6,12H2,1-4H3/t14-/m1/s1. The molecule has 0 radical (unpaired) electrons. The van der Waals surface area contributed by atoms with Gasteiger partial charge in [0.15, 0.2) is 0 Å². The molecule has 5 nitrogen and oxygen atoms in total. The summed E-state index contributed by atoms with van der Waals surface area (Å²) in [6.07, 6.45) is 4.46. The highest BCUT2D eigenvalue weighted by Gasteiger charge is 2.24. The Kier molecular flexibility index (Phi) is 5.31. The molecule has 2 aromatic heterocycles. The zero-order chi connectivity index (χ0) is 16.1. The largest absolute Gasteiger partial charge is 0.330 e. The van der Waals surface area contributed by atoms with E-state index in [4.69, 9.17) is 0 Å². The van der Waals surface area contributed by atoms with Crippen LogP contribution >= 0.6 is 0 Å². The van der Waals surface area contributed by atoms with E-state index in [0.717, 1.165) is 17.7 Å². The third kappa shape index (κ3) is 3.53. The van der Waals surface area contributed by atoms with Crippen molar-refractivity contribution in [1.82, 2.24) is 19.7 Å². The Hall–Kier alpha value is -2.17. The van der Waals surface area contributed by atoms with Crippen molar-refractivity contribution in [3.05, 3.63) is 47.5 Å². The van der Waals surface area contributed by atoms with Gasteiger partial charge >= 0.3 is 0 Å². The van der Waals surface area contributed by atoms with Crippen LogP contribution in [0.4, 0.5) is 0 Å². The fourth-order valence-corrected chi connectivity index (χ4v) is 2.44. The molecule has 1 amide bonds. The molecule has 0 N–H and O–H groups in total. The molecule has 2 aromatic rings. The molecule has 2 heterocycles. The molecule has 0 aliphatic heterocycles. The van der Waals surface area contributed by atoms with Gasteiger partial charge in [-0.25, -0.2) is 0 Å². The highest BCUT2D eigenvalue weighted by atomic mass is 16.2. The summed E-state index contributed by atoms with van der Waals surface area (Å²) in [5.74, 6) is 0.0284. The highest BCUT2D eigenvalue weighted by molar-refractivity contribution is 5.93. The van der Waals surface area contributed by atoms with Gasteiger partial charge in [-0.1, -0.05) is 13.0 Å². The van der Waals surface area contributed by atoms with E-state index in [1.165, 1.54) is 0 Å². The quantitative estimate of drug-likeness (QED) is 0.824. The second-order valence-electron chi connectivity index (χ2n) is 5.54. The zero-order valence-corrected chi connectivity index (χ0v) is 13.8. The van der Waals surface area contributed by atoms with Crippen molar-refractivity contribution in [2.75, 3.05) is 0 Å². The van der Waals surface area contributed by atoms with E-state index >= 15 is 0 Å². The minimum Gasteiger partial charge on any atom is -0.330 e.